The zero-order valence-corrected chi connectivity index (χ0v) is 17.3. The molecule has 1 amide bonds. The van der Waals surface area contributed by atoms with Gasteiger partial charge in [-0.3, -0.25) is 10.1 Å². The van der Waals surface area contributed by atoms with E-state index in [1.165, 1.54) is 0 Å². The highest BCUT2D eigenvalue weighted by molar-refractivity contribution is 5.83. The number of nitrogens with one attached hydrogen (secondary N) is 1. The van der Waals surface area contributed by atoms with Gasteiger partial charge in [0.05, 0.1) is 0 Å². The first kappa shape index (κ1) is 19.8. The van der Waals surface area contributed by atoms with Crippen LogP contribution in [0.25, 0.3) is 0 Å². The van der Waals surface area contributed by atoms with Gasteiger partial charge in [-0.2, -0.15) is 0 Å². The van der Waals surface area contributed by atoms with Gasteiger partial charge in [0.25, 0.3) is 0 Å². The Hall–Kier alpha value is -2.53. The van der Waals surface area contributed by atoms with E-state index in [1.54, 1.807) is 0 Å². The van der Waals surface area contributed by atoms with E-state index in [0.717, 1.165) is 48.6 Å². The van der Waals surface area contributed by atoms with Crippen molar-refractivity contribution in [2.45, 2.75) is 38.8 Å². The van der Waals surface area contributed by atoms with Crippen molar-refractivity contribution in [2.24, 2.45) is 5.92 Å². The predicted octanol–water partition coefficient (Wildman–Crippen LogP) is 4.11. The third kappa shape index (κ3) is 4.40. The molecule has 0 unspecified atom stereocenters. The Kier molecular flexibility index (Phi) is 6.05. The second-order valence-electron chi connectivity index (χ2n) is 8.17. The van der Waals surface area contributed by atoms with E-state index in [1.807, 2.05) is 41.3 Å². The molecule has 2 heterocycles. The largest absolute Gasteiger partial charge is 0.486 e. The Morgan fingerprint density at radius 3 is 2.31 bits per heavy atom. The van der Waals surface area contributed by atoms with Gasteiger partial charge in [0.15, 0.2) is 11.5 Å². The number of rotatable bonds is 6. The number of carbonyl (C=O) groups is 1. The number of carbonyl (C=O) groups excluding carboxylic acids is 1. The highest BCUT2D eigenvalue weighted by Gasteiger charge is 2.31. The van der Waals surface area contributed by atoms with Crippen molar-refractivity contribution in [3.05, 3.63) is 59.7 Å². The number of hydrogen-bond acceptors (Lipinski definition) is 4. The molecule has 29 heavy (non-hydrogen) atoms. The lowest BCUT2D eigenvalue weighted by molar-refractivity contribution is -0.132. The SMILES string of the molecule is CC(C)[C@@H](N[C@@H](C(=O)N1CCCC1)c1ccccc1)c1ccc2c(c1)OCCO2. The van der Waals surface area contributed by atoms with E-state index >= 15 is 0 Å². The first-order valence-electron chi connectivity index (χ1n) is 10.6. The minimum atomic E-state index is -0.366. The highest BCUT2D eigenvalue weighted by atomic mass is 16.6. The summed E-state index contributed by atoms with van der Waals surface area (Å²) < 4.78 is 11.5. The molecule has 2 aliphatic rings. The Labute approximate surface area is 173 Å². The maximum Gasteiger partial charge on any atom is 0.244 e. The van der Waals surface area contributed by atoms with Gasteiger partial charge in [0.2, 0.25) is 5.91 Å². The molecule has 154 valence electrons. The standard InChI is InChI=1S/C24H30N2O3/c1-17(2)22(19-10-11-20-21(16-19)29-15-14-28-20)25-23(18-8-4-3-5-9-18)24(27)26-12-6-7-13-26/h3-5,8-11,16-17,22-23,25H,6-7,12-15H2,1-2H3/t22-,23-/m1/s1. The normalized spacial score (nSPS) is 18.0. The zero-order chi connectivity index (χ0) is 20.2. The zero-order valence-electron chi connectivity index (χ0n) is 17.3. The Bertz CT molecular complexity index is 831. The lowest BCUT2D eigenvalue weighted by Gasteiger charge is -2.31. The third-order valence-electron chi connectivity index (χ3n) is 5.74. The van der Waals surface area contributed by atoms with Crippen LogP contribution in [0.5, 0.6) is 11.5 Å². The topological polar surface area (TPSA) is 50.8 Å². The molecule has 1 N–H and O–H groups in total. The van der Waals surface area contributed by atoms with Crippen LogP contribution < -0.4 is 14.8 Å². The summed E-state index contributed by atoms with van der Waals surface area (Å²) in [6, 6.07) is 15.8. The van der Waals surface area contributed by atoms with Crippen LogP contribution in [-0.2, 0) is 4.79 Å². The summed E-state index contributed by atoms with van der Waals surface area (Å²) in [6.07, 6.45) is 2.17. The van der Waals surface area contributed by atoms with Gasteiger partial charge in [-0.1, -0.05) is 50.2 Å². The van der Waals surface area contributed by atoms with Crippen LogP contribution in [0.4, 0.5) is 0 Å². The summed E-state index contributed by atoms with van der Waals surface area (Å²) in [5.74, 6) is 2.03. The summed E-state index contributed by atoms with van der Waals surface area (Å²) in [6.45, 7) is 7.20. The number of amides is 1. The van der Waals surface area contributed by atoms with Gasteiger partial charge in [0, 0.05) is 19.1 Å². The summed E-state index contributed by atoms with van der Waals surface area (Å²) in [4.78, 5) is 15.4. The predicted molar refractivity (Wildman–Crippen MR) is 113 cm³/mol. The molecule has 0 aliphatic carbocycles. The van der Waals surface area contributed by atoms with Crippen LogP contribution >= 0.6 is 0 Å². The molecule has 2 aromatic rings. The molecule has 1 fully saturated rings. The minimum Gasteiger partial charge on any atom is -0.486 e. The van der Waals surface area contributed by atoms with E-state index in [2.05, 4.69) is 31.3 Å². The summed E-state index contributed by atoms with van der Waals surface area (Å²) >= 11 is 0. The maximum atomic E-state index is 13.4. The Morgan fingerprint density at radius 2 is 1.62 bits per heavy atom. The van der Waals surface area contributed by atoms with Gasteiger partial charge in [-0.05, 0) is 42.0 Å². The molecule has 5 heteroatoms. The summed E-state index contributed by atoms with van der Waals surface area (Å²) in [5, 5.41) is 3.68. The Balaban J connectivity index is 1.63. The fraction of sp³-hybridized carbons (Fsp3) is 0.458. The molecule has 2 aliphatic heterocycles. The number of hydrogen-bond donors (Lipinski definition) is 1. The molecule has 5 nitrogen and oxygen atoms in total. The Morgan fingerprint density at radius 1 is 0.931 bits per heavy atom. The third-order valence-corrected chi connectivity index (χ3v) is 5.74. The average Bonchev–Trinajstić information content (AvgIpc) is 3.29. The molecule has 2 aromatic carbocycles. The number of ether oxygens (including phenoxy) is 2. The van der Waals surface area contributed by atoms with Crippen LogP contribution in [-0.4, -0.2) is 37.1 Å². The molecule has 0 aromatic heterocycles. The van der Waals surface area contributed by atoms with Crippen molar-refractivity contribution in [1.82, 2.24) is 10.2 Å². The molecule has 1 saturated heterocycles. The fourth-order valence-electron chi connectivity index (χ4n) is 4.18. The molecule has 0 saturated carbocycles. The average molecular weight is 395 g/mol. The molecule has 0 bridgehead atoms. The van der Waals surface area contributed by atoms with Gasteiger partial charge in [-0.15, -0.1) is 0 Å². The van der Waals surface area contributed by atoms with Crippen LogP contribution in [0.2, 0.25) is 0 Å². The van der Waals surface area contributed by atoms with Crippen LogP contribution in [0.1, 0.15) is 49.9 Å². The first-order chi connectivity index (χ1) is 14.1. The fourth-order valence-corrected chi connectivity index (χ4v) is 4.18. The van der Waals surface area contributed by atoms with Crippen LogP contribution in [0.15, 0.2) is 48.5 Å². The molecule has 0 spiro atoms. The maximum absolute atomic E-state index is 13.4. The quantitative estimate of drug-likeness (QED) is 0.801. The number of nitrogens with zero attached hydrogens (tertiary/aromatic N) is 1. The smallest absolute Gasteiger partial charge is 0.244 e. The highest BCUT2D eigenvalue weighted by Crippen LogP contribution is 2.35. The van der Waals surface area contributed by atoms with Gasteiger partial charge < -0.3 is 14.4 Å². The molecule has 4 rings (SSSR count). The van der Waals surface area contributed by atoms with Crippen molar-refractivity contribution < 1.29 is 14.3 Å². The van der Waals surface area contributed by atoms with Gasteiger partial charge >= 0.3 is 0 Å². The van der Waals surface area contributed by atoms with Crippen molar-refractivity contribution in [2.75, 3.05) is 26.3 Å². The van der Waals surface area contributed by atoms with Crippen LogP contribution in [0.3, 0.4) is 0 Å². The first-order valence-corrected chi connectivity index (χ1v) is 10.6. The summed E-state index contributed by atoms with van der Waals surface area (Å²) in [5.41, 5.74) is 2.12. The minimum absolute atomic E-state index is 0.0163. The molecular weight excluding hydrogens is 364 g/mol. The monoisotopic (exact) mass is 394 g/mol. The van der Waals surface area contributed by atoms with Crippen molar-refractivity contribution >= 4 is 5.91 Å². The van der Waals surface area contributed by atoms with Crippen molar-refractivity contribution in [3.63, 3.8) is 0 Å². The second-order valence-corrected chi connectivity index (χ2v) is 8.17. The van der Waals surface area contributed by atoms with Crippen molar-refractivity contribution in [3.8, 4) is 11.5 Å². The molecule has 2 atom stereocenters. The molecule has 0 radical (unpaired) electrons. The van der Waals surface area contributed by atoms with E-state index in [0.29, 0.717) is 19.1 Å². The van der Waals surface area contributed by atoms with Crippen LogP contribution in [0, 0.1) is 5.92 Å². The summed E-state index contributed by atoms with van der Waals surface area (Å²) in [7, 11) is 0. The van der Waals surface area contributed by atoms with E-state index in [-0.39, 0.29) is 18.0 Å². The second kappa shape index (κ2) is 8.87. The lowest BCUT2D eigenvalue weighted by atomic mass is 9.93. The lowest BCUT2D eigenvalue weighted by Crippen LogP contribution is -2.42. The van der Waals surface area contributed by atoms with Gasteiger partial charge in [0.1, 0.15) is 19.3 Å². The number of fused-ring (bicyclic) bond motifs is 1. The van der Waals surface area contributed by atoms with E-state index in [4.69, 9.17) is 9.47 Å². The van der Waals surface area contributed by atoms with Gasteiger partial charge in [-0.25, -0.2) is 0 Å². The van der Waals surface area contributed by atoms with E-state index < -0.39 is 0 Å². The van der Waals surface area contributed by atoms with Crippen molar-refractivity contribution in [1.29, 1.82) is 0 Å². The molecular formula is C24H30N2O3. The number of benzene rings is 2. The number of likely N-dealkylation sites (tertiary alicyclic amines) is 1. The van der Waals surface area contributed by atoms with E-state index in [9.17, 15) is 4.79 Å².